The molecule has 0 bridgehead atoms. The standard InChI is InChI=1S/C27H27N7O4/c1-16(18-4-3-5-19-20(27(38)28-2)10-11-29-26(18)19)13-30-23-12-21(32-15-33-23)17-6-7-22(31-14-17)34-24(35)8-9-25(36)37/h3-7,10-12,14-16H,8-9,13H2,1-2H3,(H,28,38)(H,36,37)(H,30,32,33)(H,31,34,35)/t16-/m1/s1. The number of pyridine rings is 2. The molecule has 0 spiro atoms. The number of carbonyl (C=O) groups excluding carboxylic acids is 2. The summed E-state index contributed by atoms with van der Waals surface area (Å²) in [6, 6.07) is 12.7. The smallest absolute Gasteiger partial charge is 0.303 e. The van der Waals surface area contributed by atoms with Crippen LogP contribution in [0, 0.1) is 0 Å². The van der Waals surface area contributed by atoms with Gasteiger partial charge in [-0.2, -0.15) is 0 Å². The summed E-state index contributed by atoms with van der Waals surface area (Å²) < 4.78 is 0. The lowest BCUT2D eigenvalue weighted by molar-refractivity contribution is -0.138. The quantitative estimate of drug-likeness (QED) is 0.249. The molecule has 4 rings (SSSR count). The van der Waals surface area contributed by atoms with E-state index in [-0.39, 0.29) is 24.7 Å². The third-order valence-electron chi connectivity index (χ3n) is 5.95. The molecular weight excluding hydrogens is 486 g/mol. The molecule has 2 amide bonds. The zero-order valence-corrected chi connectivity index (χ0v) is 20.9. The molecular formula is C27H27N7O4. The van der Waals surface area contributed by atoms with Crippen molar-refractivity contribution in [1.82, 2.24) is 25.3 Å². The van der Waals surface area contributed by atoms with Gasteiger partial charge in [-0.15, -0.1) is 0 Å². The van der Waals surface area contributed by atoms with E-state index in [2.05, 4.69) is 42.8 Å². The van der Waals surface area contributed by atoms with Crippen LogP contribution < -0.4 is 16.0 Å². The van der Waals surface area contributed by atoms with E-state index in [4.69, 9.17) is 5.11 Å². The summed E-state index contributed by atoms with van der Waals surface area (Å²) in [4.78, 5) is 52.1. The Bertz CT molecular complexity index is 1470. The van der Waals surface area contributed by atoms with Gasteiger partial charge in [0.2, 0.25) is 5.91 Å². The third-order valence-corrected chi connectivity index (χ3v) is 5.95. The number of amides is 2. The first-order valence-electron chi connectivity index (χ1n) is 12.0. The van der Waals surface area contributed by atoms with Crippen LogP contribution >= 0.6 is 0 Å². The molecule has 38 heavy (non-hydrogen) atoms. The highest BCUT2D eigenvalue weighted by atomic mass is 16.4. The Morgan fingerprint density at radius 3 is 2.55 bits per heavy atom. The average molecular weight is 514 g/mol. The molecule has 1 atom stereocenters. The molecule has 0 saturated carbocycles. The number of benzene rings is 1. The van der Waals surface area contributed by atoms with Gasteiger partial charge in [-0.1, -0.05) is 25.1 Å². The average Bonchev–Trinajstić information content (AvgIpc) is 2.94. The number of aliphatic carboxylic acids is 1. The van der Waals surface area contributed by atoms with E-state index < -0.39 is 11.9 Å². The molecule has 3 heterocycles. The van der Waals surface area contributed by atoms with E-state index in [1.165, 1.54) is 6.33 Å². The predicted molar refractivity (Wildman–Crippen MR) is 143 cm³/mol. The fourth-order valence-corrected chi connectivity index (χ4v) is 3.95. The summed E-state index contributed by atoms with van der Waals surface area (Å²) in [5.74, 6) is -0.579. The van der Waals surface area contributed by atoms with E-state index in [0.29, 0.717) is 29.4 Å². The summed E-state index contributed by atoms with van der Waals surface area (Å²) in [6.07, 6.45) is 4.32. The van der Waals surface area contributed by atoms with Gasteiger partial charge >= 0.3 is 5.97 Å². The lowest BCUT2D eigenvalue weighted by Crippen LogP contribution is -2.18. The number of rotatable bonds is 10. The zero-order chi connectivity index (χ0) is 27.1. The summed E-state index contributed by atoms with van der Waals surface area (Å²) in [6.45, 7) is 2.65. The van der Waals surface area contributed by atoms with Crippen molar-refractivity contribution in [3.63, 3.8) is 0 Å². The van der Waals surface area contributed by atoms with Crippen LogP contribution in [0.1, 0.15) is 41.6 Å². The van der Waals surface area contributed by atoms with Crippen LogP contribution in [0.4, 0.5) is 11.6 Å². The third kappa shape index (κ3) is 6.25. The molecule has 1 aromatic carbocycles. The molecule has 0 fully saturated rings. The second-order valence-corrected chi connectivity index (χ2v) is 8.63. The van der Waals surface area contributed by atoms with Gasteiger partial charge in [0.05, 0.1) is 23.2 Å². The molecule has 4 N–H and O–H groups in total. The molecule has 0 aliphatic heterocycles. The Morgan fingerprint density at radius 1 is 0.974 bits per heavy atom. The summed E-state index contributed by atoms with van der Waals surface area (Å²) >= 11 is 0. The Morgan fingerprint density at radius 2 is 1.82 bits per heavy atom. The van der Waals surface area contributed by atoms with Gasteiger partial charge in [-0.3, -0.25) is 19.4 Å². The summed E-state index contributed by atoms with van der Waals surface area (Å²) in [5.41, 5.74) is 3.76. The highest BCUT2D eigenvalue weighted by Crippen LogP contribution is 2.27. The minimum Gasteiger partial charge on any atom is -0.481 e. The highest BCUT2D eigenvalue weighted by Gasteiger charge is 2.15. The van der Waals surface area contributed by atoms with Gasteiger partial charge in [0.15, 0.2) is 0 Å². The van der Waals surface area contributed by atoms with Crippen molar-refractivity contribution in [2.45, 2.75) is 25.7 Å². The van der Waals surface area contributed by atoms with Gasteiger partial charge in [0, 0.05) is 55.3 Å². The topological polar surface area (TPSA) is 159 Å². The van der Waals surface area contributed by atoms with Crippen LogP contribution in [0.2, 0.25) is 0 Å². The number of anilines is 2. The maximum Gasteiger partial charge on any atom is 0.303 e. The van der Waals surface area contributed by atoms with Crippen molar-refractivity contribution < 1.29 is 19.5 Å². The van der Waals surface area contributed by atoms with Crippen molar-refractivity contribution in [2.24, 2.45) is 0 Å². The SMILES string of the molecule is CNC(=O)c1ccnc2c([C@H](C)CNc3cc(-c4ccc(NC(=O)CCC(=O)O)nc4)ncn3)cccc12. The Balaban J connectivity index is 1.43. The van der Waals surface area contributed by atoms with Crippen LogP contribution in [0.15, 0.2) is 61.2 Å². The number of nitrogens with zero attached hydrogens (tertiary/aromatic N) is 4. The minimum absolute atomic E-state index is 0.0650. The first-order valence-corrected chi connectivity index (χ1v) is 12.0. The van der Waals surface area contributed by atoms with Crippen molar-refractivity contribution in [2.75, 3.05) is 24.2 Å². The van der Waals surface area contributed by atoms with Gasteiger partial charge < -0.3 is 21.1 Å². The number of hydrogen-bond donors (Lipinski definition) is 4. The second kappa shape index (κ2) is 11.9. The van der Waals surface area contributed by atoms with E-state index in [1.807, 2.05) is 18.2 Å². The zero-order valence-electron chi connectivity index (χ0n) is 20.9. The molecule has 4 aromatic rings. The first-order chi connectivity index (χ1) is 18.4. The molecule has 0 unspecified atom stereocenters. The van der Waals surface area contributed by atoms with Gasteiger partial charge in [0.1, 0.15) is 18.0 Å². The van der Waals surface area contributed by atoms with Crippen LogP contribution in [-0.2, 0) is 9.59 Å². The van der Waals surface area contributed by atoms with Crippen molar-refractivity contribution in [1.29, 1.82) is 0 Å². The number of carboxylic acid groups (broad SMARTS) is 1. The predicted octanol–water partition coefficient (Wildman–Crippen LogP) is 3.47. The summed E-state index contributed by atoms with van der Waals surface area (Å²) in [5, 5.41) is 18.1. The Hall–Kier alpha value is -4.93. The molecule has 11 nitrogen and oxygen atoms in total. The fourth-order valence-electron chi connectivity index (χ4n) is 3.95. The molecule has 0 radical (unpaired) electrons. The van der Waals surface area contributed by atoms with Gasteiger partial charge in [-0.05, 0) is 23.8 Å². The molecule has 0 saturated heterocycles. The van der Waals surface area contributed by atoms with Crippen molar-refractivity contribution >= 4 is 40.3 Å². The fraction of sp³-hybridized carbons (Fsp3) is 0.222. The van der Waals surface area contributed by atoms with Crippen LogP contribution in [0.3, 0.4) is 0 Å². The maximum absolute atomic E-state index is 12.3. The largest absolute Gasteiger partial charge is 0.481 e. The van der Waals surface area contributed by atoms with Crippen LogP contribution in [-0.4, -0.2) is 56.4 Å². The number of aromatic nitrogens is 4. The minimum atomic E-state index is -1.03. The van der Waals surface area contributed by atoms with E-state index >= 15 is 0 Å². The number of nitrogens with one attached hydrogen (secondary N) is 3. The monoisotopic (exact) mass is 513 g/mol. The van der Waals surface area contributed by atoms with Crippen LogP contribution in [0.25, 0.3) is 22.2 Å². The second-order valence-electron chi connectivity index (χ2n) is 8.63. The number of carbonyl (C=O) groups is 3. The first kappa shape index (κ1) is 26.1. The Labute approximate surface area is 218 Å². The number of carboxylic acids is 1. The number of fused-ring (bicyclic) bond motifs is 1. The molecule has 11 heteroatoms. The lowest BCUT2D eigenvalue weighted by atomic mass is 9.96. The lowest BCUT2D eigenvalue weighted by Gasteiger charge is -2.16. The number of hydrogen-bond acceptors (Lipinski definition) is 8. The maximum atomic E-state index is 12.3. The number of para-hydroxylation sites is 1. The normalized spacial score (nSPS) is 11.5. The van der Waals surface area contributed by atoms with E-state index in [1.54, 1.807) is 43.7 Å². The van der Waals surface area contributed by atoms with Crippen molar-refractivity contribution in [3.05, 3.63) is 72.3 Å². The van der Waals surface area contributed by atoms with E-state index in [0.717, 1.165) is 22.0 Å². The summed E-state index contributed by atoms with van der Waals surface area (Å²) in [7, 11) is 1.61. The van der Waals surface area contributed by atoms with Gasteiger partial charge in [0.25, 0.3) is 5.91 Å². The molecule has 3 aromatic heterocycles. The highest BCUT2D eigenvalue weighted by molar-refractivity contribution is 6.06. The molecule has 0 aliphatic rings. The molecule has 194 valence electrons. The van der Waals surface area contributed by atoms with Crippen molar-refractivity contribution in [3.8, 4) is 11.3 Å². The molecule has 0 aliphatic carbocycles. The Kier molecular flexibility index (Phi) is 8.17. The van der Waals surface area contributed by atoms with E-state index in [9.17, 15) is 14.4 Å². The van der Waals surface area contributed by atoms with Gasteiger partial charge in [-0.25, -0.2) is 15.0 Å². The van der Waals surface area contributed by atoms with Crippen LogP contribution in [0.5, 0.6) is 0 Å².